The Morgan fingerprint density at radius 1 is 1.33 bits per heavy atom. The van der Waals surface area contributed by atoms with Gasteiger partial charge in [0.25, 0.3) is 5.91 Å². The number of thioether (sulfide) groups is 1. The van der Waals surface area contributed by atoms with Crippen molar-refractivity contribution < 1.29 is 9.18 Å². The number of nitrogens with zero attached hydrogens (tertiary/aromatic N) is 4. The van der Waals surface area contributed by atoms with E-state index in [-0.39, 0.29) is 23.3 Å². The molecule has 0 unspecified atom stereocenters. The average molecular weight is 486 g/mol. The number of rotatable bonds is 2. The van der Waals surface area contributed by atoms with Crippen molar-refractivity contribution in [3.8, 4) is 0 Å². The van der Waals surface area contributed by atoms with Gasteiger partial charge in [0, 0.05) is 46.1 Å². The smallest absolute Gasteiger partial charge is 0.257 e. The predicted molar refractivity (Wildman–Crippen MR) is 120 cm³/mol. The van der Waals surface area contributed by atoms with E-state index in [1.807, 2.05) is 18.2 Å². The quantitative estimate of drug-likeness (QED) is 0.451. The number of pyridine rings is 1. The maximum atomic E-state index is 14.9. The van der Waals surface area contributed by atoms with E-state index in [1.54, 1.807) is 47.7 Å². The Hall–Kier alpha value is -2.65. The number of carbonyl (C=O) groups excluding carboxylic acids is 1. The summed E-state index contributed by atoms with van der Waals surface area (Å²) in [5.41, 5.74) is 8.17. The topological polar surface area (TPSA) is 77.0 Å². The van der Waals surface area contributed by atoms with Crippen molar-refractivity contribution >= 4 is 61.2 Å². The summed E-state index contributed by atoms with van der Waals surface area (Å²) in [7, 11) is 3.48. The minimum atomic E-state index is -0.615. The predicted octanol–water partition coefficient (Wildman–Crippen LogP) is 4.52. The summed E-state index contributed by atoms with van der Waals surface area (Å²) in [6.45, 7) is 0. The third-order valence-corrected chi connectivity index (χ3v) is 7.19. The van der Waals surface area contributed by atoms with Crippen LogP contribution in [0.2, 0.25) is 0 Å². The lowest BCUT2D eigenvalue weighted by Crippen LogP contribution is -2.32. The van der Waals surface area contributed by atoms with Gasteiger partial charge in [0.2, 0.25) is 0 Å². The molecule has 5 rings (SSSR count). The van der Waals surface area contributed by atoms with Crippen LogP contribution in [0.15, 0.2) is 45.9 Å². The number of nitrogens with two attached hydrogens (primary N) is 1. The average Bonchev–Trinajstić information content (AvgIpc) is 3.30. The minimum absolute atomic E-state index is 0.0114. The summed E-state index contributed by atoms with van der Waals surface area (Å²) in [5, 5.41) is 5.62. The van der Waals surface area contributed by atoms with E-state index in [1.165, 1.54) is 6.07 Å². The fourth-order valence-corrected chi connectivity index (χ4v) is 5.81. The van der Waals surface area contributed by atoms with E-state index >= 15 is 0 Å². The van der Waals surface area contributed by atoms with Crippen LogP contribution in [-0.2, 0) is 7.05 Å². The highest BCUT2D eigenvalue weighted by molar-refractivity contribution is 9.10. The molecular formula is C21H17BrFN5OS. The Morgan fingerprint density at radius 2 is 2.13 bits per heavy atom. The maximum absolute atomic E-state index is 14.9. The molecule has 2 N–H and O–H groups in total. The molecule has 3 heterocycles. The minimum Gasteiger partial charge on any atom is -0.382 e. The zero-order valence-corrected chi connectivity index (χ0v) is 18.6. The Labute approximate surface area is 184 Å². The first-order valence-electron chi connectivity index (χ1n) is 9.25. The van der Waals surface area contributed by atoms with Crippen LogP contribution in [0.4, 0.5) is 10.2 Å². The zero-order chi connectivity index (χ0) is 21.2. The maximum Gasteiger partial charge on any atom is 0.257 e. The normalized spacial score (nSPS) is 15.7. The van der Waals surface area contributed by atoms with Crippen LogP contribution in [0.1, 0.15) is 22.0 Å². The van der Waals surface area contributed by atoms with Gasteiger partial charge in [-0.25, -0.2) is 9.37 Å². The summed E-state index contributed by atoms with van der Waals surface area (Å²) in [4.78, 5) is 20.3. The molecule has 0 saturated heterocycles. The number of nitrogen functional groups attached to an aromatic ring is 1. The summed E-state index contributed by atoms with van der Waals surface area (Å²) >= 11 is 5.17. The van der Waals surface area contributed by atoms with Gasteiger partial charge in [0.1, 0.15) is 17.2 Å². The number of aryl methyl sites for hydroxylation is 1. The second kappa shape index (κ2) is 6.95. The lowest BCUT2D eigenvalue weighted by atomic mass is 10.0. The third-order valence-electron chi connectivity index (χ3n) is 5.55. The molecule has 0 fully saturated rings. The summed E-state index contributed by atoms with van der Waals surface area (Å²) < 4.78 is 17.6. The SMILES string of the molecule is CN(C(=O)c1cc2c(cc1F)nc(N)c1c2cnn1C)[C@H]1CSc2cc(Br)ccc21. The molecule has 1 atom stereocenters. The van der Waals surface area contributed by atoms with Crippen molar-refractivity contribution in [3.05, 3.63) is 57.9 Å². The molecule has 1 aliphatic heterocycles. The van der Waals surface area contributed by atoms with Gasteiger partial charge in [-0.3, -0.25) is 9.48 Å². The number of benzene rings is 2. The van der Waals surface area contributed by atoms with Crippen molar-refractivity contribution in [2.24, 2.45) is 7.05 Å². The lowest BCUT2D eigenvalue weighted by molar-refractivity contribution is 0.0741. The standard InChI is InChI=1S/C21H17BrFN5OS/c1-27(17-9-30-18-5-10(22)3-4-11(17)18)21(29)13-6-12-14-8-25-28(2)19(14)20(24)26-16(12)7-15(13)23/h3-8,17H,9H2,1-2H3,(H2,24,26)/t17-/m0/s1. The fraction of sp³-hybridized carbons (Fsp3) is 0.190. The summed E-state index contributed by atoms with van der Waals surface area (Å²) in [6.07, 6.45) is 1.66. The first-order valence-corrected chi connectivity index (χ1v) is 11.0. The van der Waals surface area contributed by atoms with Crippen LogP contribution in [0.25, 0.3) is 21.8 Å². The molecule has 1 aliphatic rings. The molecule has 6 nitrogen and oxygen atoms in total. The second-order valence-corrected chi connectivity index (χ2v) is 9.28. The Balaban J connectivity index is 1.59. The Kier molecular flexibility index (Phi) is 4.48. The molecule has 30 heavy (non-hydrogen) atoms. The number of hydrogen-bond acceptors (Lipinski definition) is 5. The van der Waals surface area contributed by atoms with Gasteiger partial charge in [-0.1, -0.05) is 22.0 Å². The van der Waals surface area contributed by atoms with Crippen molar-refractivity contribution in [1.29, 1.82) is 0 Å². The van der Waals surface area contributed by atoms with E-state index in [0.29, 0.717) is 16.4 Å². The van der Waals surface area contributed by atoms with Gasteiger partial charge < -0.3 is 10.6 Å². The molecular weight excluding hydrogens is 469 g/mol. The zero-order valence-electron chi connectivity index (χ0n) is 16.2. The lowest BCUT2D eigenvalue weighted by Gasteiger charge is -2.25. The van der Waals surface area contributed by atoms with E-state index in [4.69, 9.17) is 5.73 Å². The van der Waals surface area contributed by atoms with Gasteiger partial charge in [0.05, 0.1) is 23.3 Å². The van der Waals surface area contributed by atoms with Gasteiger partial charge >= 0.3 is 0 Å². The van der Waals surface area contributed by atoms with E-state index in [9.17, 15) is 9.18 Å². The molecule has 0 aliphatic carbocycles. The molecule has 0 radical (unpaired) electrons. The number of anilines is 1. The Morgan fingerprint density at radius 3 is 2.93 bits per heavy atom. The molecule has 4 aromatic rings. The molecule has 2 aromatic carbocycles. The van der Waals surface area contributed by atoms with Gasteiger partial charge in [-0.05, 0) is 23.8 Å². The largest absolute Gasteiger partial charge is 0.382 e. The number of aromatic nitrogens is 3. The number of fused-ring (bicyclic) bond motifs is 4. The van der Waals surface area contributed by atoms with Gasteiger partial charge in [-0.15, -0.1) is 11.8 Å². The third kappa shape index (κ3) is 2.87. The monoisotopic (exact) mass is 485 g/mol. The highest BCUT2D eigenvalue weighted by Crippen LogP contribution is 2.42. The molecule has 1 amide bonds. The van der Waals surface area contributed by atoms with Crippen molar-refractivity contribution in [3.63, 3.8) is 0 Å². The molecule has 2 aromatic heterocycles. The molecule has 0 spiro atoms. The van der Waals surface area contributed by atoms with Crippen LogP contribution in [0.3, 0.4) is 0 Å². The van der Waals surface area contributed by atoms with Crippen molar-refractivity contribution in [2.45, 2.75) is 10.9 Å². The van der Waals surface area contributed by atoms with Crippen LogP contribution in [-0.4, -0.2) is 38.4 Å². The van der Waals surface area contributed by atoms with E-state index in [2.05, 4.69) is 26.0 Å². The van der Waals surface area contributed by atoms with Gasteiger partial charge in [0.15, 0.2) is 0 Å². The highest BCUT2D eigenvalue weighted by Gasteiger charge is 2.31. The van der Waals surface area contributed by atoms with E-state index < -0.39 is 5.82 Å². The fourth-order valence-electron chi connectivity index (χ4n) is 3.97. The highest BCUT2D eigenvalue weighted by atomic mass is 79.9. The number of halogens is 2. The van der Waals surface area contributed by atoms with Crippen LogP contribution < -0.4 is 5.73 Å². The summed E-state index contributed by atoms with van der Waals surface area (Å²) in [6, 6.07) is 8.73. The van der Waals surface area contributed by atoms with Crippen LogP contribution in [0.5, 0.6) is 0 Å². The van der Waals surface area contributed by atoms with Crippen LogP contribution >= 0.6 is 27.7 Å². The Bertz CT molecular complexity index is 1350. The van der Waals surface area contributed by atoms with E-state index in [0.717, 1.165) is 26.1 Å². The molecule has 152 valence electrons. The first kappa shape index (κ1) is 19.3. The second-order valence-electron chi connectivity index (χ2n) is 7.30. The molecule has 0 bridgehead atoms. The molecule has 0 saturated carbocycles. The number of amides is 1. The number of hydrogen-bond donors (Lipinski definition) is 1. The molecule has 9 heteroatoms. The summed E-state index contributed by atoms with van der Waals surface area (Å²) in [5.74, 6) is 0.0217. The van der Waals surface area contributed by atoms with Crippen LogP contribution in [0, 0.1) is 5.82 Å². The van der Waals surface area contributed by atoms with Crippen molar-refractivity contribution in [2.75, 3.05) is 18.5 Å². The number of carbonyl (C=O) groups is 1. The first-order chi connectivity index (χ1) is 14.3. The van der Waals surface area contributed by atoms with Crippen molar-refractivity contribution in [1.82, 2.24) is 19.7 Å². The van der Waals surface area contributed by atoms with Gasteiger partial charge in [-0.2, -0.15) is 5.10 Å².